The highest BCUT2D eigenvalue weighted by Crippen LogP contribution is 2.34. The SMILES string of the molecule is CC1(C)CC(=O)C(C(=O)Nc2ccccc2)C(=O)C1. The summed E-state index contributed by atoms with van der Waals surface area (Å²) >= 11 is 0. The topological polar surface area (TPSA) is 63.2 Å². The minimum absolute atomic E-state index is 0.269. The number of Topliss-reactive ketones (excluding diaryl/α,β-unsaturated/α-hetero) is 2. The van der Waals surface area contributed by atoms with Crippen LogP contribution in [0.4, 0.5) is 5.69 Å². The number of rotatable bonds is 2. The first-order valence-corrected chi connectivity index (χ1v) is 6.30. The van der Waals surface area contributed by atoms with Gasteiger partial charge in [-0.3, -0.25) is 14.4 Å². The number of nitrogens with one attached hydrogen (secondary N) is 1. The highest BCUT2D eigenvalue weighted by molar-refractivity contribution is 6.23. The zero-order chi connectivity index (χ0) is 14.0. The number of benzene rings is 1. The predicted octanol–water partition coefficient (Wildman–Crippen LogP) is 2.20. The first-order valence-electron chi connectivity index (χ1n) is 6.30. The van der Waals surface area contributed by atoms with Gasteiger partial charge in [-0.1, -0.05) is 32.0 Å². The summed E-state index contributed by atoms with van der Waals surface area (Å²) < 4.78 is 0. The van der Waals surface area contributed by atoms with Crippen molar-refractivity contribution in [1.29, 1.82) is 0 Å². The Kier molecular flexibility index (Phi) is 3.51. The maximum atomic E-state index is 12.0. The lowest BCUT2D eigenvalue weighted by Gasteiger charge is -2.31. The van der Waals surface area contributed by atoms with E-state index < -0.39 is 11.8 Å². The van der Waals surface area contributed by atoms with Gasteiger partial charge in [-0.2, -0.15) is 0 Å². The summed E-state index contributed by atoms with van der Waals surface area (Å²) in [5.41, 5.74) is 0.260. The third kappa shape index (κ3) is 3.08. The van der Waals surface area contributed by atoms with Crippen LogP contribution in [0.1, 0.15) is 26.7 Å². The first-order chi connectivity index (χ1) is 8.89. The summed E-state index contributed by atoms with van der Waals surface area (Å²) in [6, 6.07) is 8.83. The molecule has 0 aliphatic heterocycles. The van der Waals surface area contributed by atoms with Crippen LogP contribution in [0.2, 0.25) is 0 Å². The molecule has 1 aliphatic rings. The van der Waals surface area contributed by atoms with E-state index in [1.165, 1.54) is 0 Å². The van der Waals surface area contributed by atoms with Crippen molar-refractivity contribution in [3.63, 3.8) is 0 Å². The number of ketones is 2. The van der Waals surface area contributed by atoms with Crippen molar-refractivity contribution in [1.82, 2.24) is 0 Å². The lowest BCUT2D eigenvalue weighted by Crippen LogP contribution is -2.44. The second-order valence-corrected chi connectivity index (χ2v) is 5.74. The van der Waals surface area contributed by atoms with E-state index >= 15 is 0 Å². The molecule has 2 rings (SSSR count). The van der Waals surface area contributed by atoms with Gasteiger partial charge < -0.3 is 5.32 Å². The Balaban J connectivity index is 2.11. The fourth-order valence-electron chi connectivity index (χ4n) is 2.42. The number of carbonyl (C=O) groups excluding carboxylic acids is 3. The lowest BCUT2D eigenvalue weighted by atomic mass is 9.71. The van der Waals surface area contributed by atoms with E-state index in [0.29, 0.717) is 5.69 Å². The van der Waals surface area contributed by atoms with Gasteiger partial charge in [0.05, 0.1) is 0 Å². The molecule has 0 heterocycles. The summed E-state index contributed by atoms with van der Waals surface area (Å²) in [5.74, 6) is -2.23. The molecule has 1 amide bonds. The molecule has 4 heteroatoms. The van der Waals surface area contributed by atoms with Gasteiger partial charge in [-0.25, -0.2) is 0 Å². The van der Waals surface area contributed by atoms with E-state index in [9.17, 15) is 14.4 Å². The van der Waals surface area contributed by atoms with Crippen molar-refractivity contribution < 1.29 is 14.4 Å². The monoisotopic (exact) mass is 259 g/mol. The number of carbonyl (C=O) groups is 3. The second kappa shape index (κ2) is 4.96. The Labute approximate surface area is 112 Å². The molecule has 0 bridgehead atoms. The molecule has 19 heavy (non-hydrogen) atoms. The van der Waals surface area contributed by atoms with Crippen LogP contribution < -0.4 is 5.32 Å². The molecule has 0 unspecified atom stereocenters. The fourth-order valence-corrected chi connectivity index (χ4v) is 2.42. The molecular formula is C15H17NO3. The van der Waals surface area contributed by atoms with Gasteiger partial charge in [0.25, 0.3) is 0 Å². The Hall–Kier alpha value is -1.97. The Morgan fingerprint density at radius 1 is 1.11 bits per heavy atom. The number of amides is 1. The Bertz CT molecular complexity index is 499. The highest BCUT2D eigenvalue weighted by Gasteiger charge is 2.43. The van der Waals surface area contributed by atoms with Gasteiger partial charge in [-0.05, 0) is 17.5 Å². The average molecular weight is 259 g/mol. The standard InChI is InChI=1S/C15H17NO3/c1-15(2)8-11(17)13(12(18)9-15)14(19)16-10-6-4-3-5-7-10/h3-7,13H,8-9H2,1-2H3,(H,16,19). The lowest BCUT2D eigenvalue weighted by molar-refractivity contribution is -0.144. The van der Waals surface area contributed by atoms with Crippen molar-refractivity contribution in [3.8, 4) is 0 Å². The normalized spacial score (nSPS) is 19.3. The molecule has 4 nitrogen and oxygen atoms in total. The van der Waals surface area contributed by atoms with Gasteiger partial charge in [-0.15, -0.1) is 0 Å². The molecule has 0 spiro atoms. The van der Waals surface area contributed by atoms with Crippen molar-refractivity contribution in [2.75, 3.05) is 5.32 Å². The van der Waals surface area contributed by atoms with Crippen LogP contribution in [0.5, 0.6) is 0 Å². The summed E-state index contributed by atoms with van der Waals surface area (Å²) in [5, 5.41) is 2.62. The van der Waals surface area contributed by atoms with Crippen molar-refractivity contribution in [2.24, 2.45) is 11.3 Å². The summed E-state index contributed by atoms with van der Waals surface area (Å²) in [6.07, 6.45) is 0.539. The quantitative estimate of drug-likeness (QED) is 0.828. The molecule has 1 fully saturated rings. The van der Waals surface area contributed by atoms with Crippen LogP contribution in [0.25, 0.3) is 0 Å². The molecule has 0 radical (unpaired) electrons. The van der Waals surface area contributed by atoms with Gasteiger partial charge in [0.1, 0.15) is 0 Å². The Morgan fingerprint density at radius 3 is 2.16 bits per heavy atom. The molecule has 0 atom stereocenters. The summed E-state index contributed by atoms with van der Waals surface area (Å²) in [7, 11) is 0. The van der Waals surface area contributed by atoms with Gasteiger partial charge in [0.2, 0.25) is 5.91 Å². The molecule has 0 aromatic heterocycles. The zero-order valence-corrected chi connectivity index (χ0v) is 11.1. The van der Waals surface area contributed by atoms with Crippen molar-refractivity contribution in [2.45, 2.75) is 26.7 Å². The molecule has 1 saturated carbocycles. The maximum Gasteiger partial charge on any atom is 0.242 e. The summed E-state index contributed by atoms with van der Waals surface area (Å²) in [4.78, 5) is 36.0. The van der Waals surface area contributed by atoms with E-state index in [1.807, 2.05) is 19.9 Å². The van der Waals surface area contributed by atoms with Gasteiger partial charge in [0.15, 0.2) is 17.5 Å². The molecule has 0 saturated heterocycles. The minimum Gasteiger partial charge on any atom is -0.325 e. The van der Waals surface area contributed by atoms with Crippen LogP contribution in [0.3, 0.4) is 0 Å². The van der Waals surface area contributed by atoms with E-state index in [2.05, 4.69) is 5.32 Å². The molecule has 1 aromatic carbocycles. The molecule has 1 aliphatic carbocycles. The van der Waals surface area contributed by atoms with Crippen LogP contribution >= 0.6 is 0 Å². The molecular weight excluding hydrogens is 242 g/mol. The molecule has 1 aromatic rings. The van der Waals surface area contributed by atoms with Gasteiger partial charge in [0, 0.05) is 18.5 Å². The third-order valence-electron chi connectivity index (χ3n) is 3.25. The number of hydrogen-bond donors (Lipinski definition) is 1. The second-order valence-electron chi connectivity index (χ2n) is 5.74. The maximum absolute atomic E-state index is 12.0. The summed E-state index contributed by atoms with van der Waals surface area (Å²) in [6.45, 7) is 3.74. The minimum atomic E-state index is -1.15. The Morgan fingerprint density at radius 2 is 1.63 bits per heavy atom. The predicted molar refractivity (Wildman–Crippen MR) is 71.6 cm³/mol. The van der Waals surface area contributed by atoms with Gasteiger partial charge >= 0.3 is 0 Å². The van der Waals surface area contributed by atoms with Crippen molar-refractivity contribution >= 4 is 23.2 Å². The smallest absolute Gasteiger partial charge is 0.242 e. The third-order valence-corrected chi connectivity index (χ3v) is 3.25. The van der Waals surface area contributed by atoms with Crippen LogP contribution in [0.15, 0.2) is 30.3 Å². The molecule has 100 valence electrons. The van der Waals surface area contributed by atoms with Crippen molar-refractivity contribution in [3.05, 3.63) is 30.3 Å². The van der Waals surface area contributed by atoms with Crippen LogP contribution in [0, 0.1) is 11.3 Å². The number of hydrogen-bond acceptors (Lipinski definition) is 3. The average Bonchev–Trinajstić information content (AvgIpc) is 2.27. The molecule has 1 N–H and O–H groups in total. The largest absolute Gasteiger partial charge is 0.325 e. The fraction of sp³-hybridized carbons (Fsp3) is 0.400. The van der Waals surface area contributed by atoms with E-state index in [4.69, 9.17) is 0 Å². The zero-order valence-electron chi connectivity index (χ0n) is 11.1. The van der Waals surface area contributed by atoms with E-state index in [1.54, 1.807) is 24.3 Å². The van der Waals surface area contributed by atoms with Crippen LogP contribution in [-0.4, -0.2) is 17.5 Å². The first kappa shape index (κ1) is 13.5. The van der Waals surface area contributed by atoms with E-state index in [0.717, 1.165) is 0 Å². The van der Waals surface area contributed by atoms with Crippen LogP contribution in [-0.2, 0) is 14.4 Å². The highest BCUT2D eigenvalue weighted by atomic mass is 16.2. The number of para-hydroxylation sites is 1. The number of anilines is 1. The van der Waals surface area contributed by atoms with E-state index in [-0.39, 0.29) is 29.8 Å².